The number of ether oxygens (including phenoxy) is 2. The predicted octanol–water partition coefficient (Wildman–Crippen LogP) is 3.11. The monoisotopic (exact) mass is 424 g/mol. The summed E-state index contributed by atoms with van der Waals surface area (Å²) >= 11 is 0. The standard InChI is InChI=1S/C22H20N2O5S/c1-15-6-10-17(11-7-15)30(26,27)18-12-8-16(9-13-18)23-24-22(25)21-14-28-19-4-2-3-5-20(19)29-21/h2-13,21,23H,14H2,1H3,(H,24,25). The Morgan fingerprint density at radius 1 is 0.900 bits per heavy atom. The molecule has 154 valence electrons. The van der Waals surface area contributed by atoms with Gasteiger partial charge in [0.15, 0.2) is 11.5 Å². The highest BCUT2D eigenvalue weighted by atomic mass is 32.2. The zero-order chi connectivity index (χ0) is 21.1. The van der Waals surface area contributed by atoms with Gasteiger partial charge in [0.1, 0.15) is 6.61 Å². The van der Waals surface area contributed by atoms with Crippen molar-refractivity contribution in [3.8, 4) is 11.5 Å². The quantitative estimate of drug-likeness (QED) is 0.612. The average molecular weight is 424 g/mol. The second kappa shape index (κ2) is 8.08. The zero-order valence-electron chi connectivity index (χ0n) is 16.2. The van der Waals surface area contributed by atoms with Crippen LogP contribution in [0.5, 0.6) is 11.5 Å². The van der Waals surface area contributed by atoms with Gasteiger partial charge >= 0.3 is 0 Å². The Balaban J connectivity index is 1.38. The highest BCUT2D eigenvalue weighted by Gasteiger charge is 2.27. The van der Waals surface area contributed by atoms with Gasteiger partial charge in [-0.05, 0) is 55.5 Å². The fourth-order valence-electron chi connectivity index (χ4n) is 2.93. The van der Waals surface area contributed by atoms with Gasteiger partial charge in [-0.15, -0.1) is 0 Å². The van der Waals surface area contributed by atoms with Gasteiger partial charge in [0, 0.05) is 0 Å². The summed E-state index contributed by atoms with van der Waals surface area (Å²) < 4.78 is 36.6. The van der Waals surface area contributed by atoms with E-state index >= 15 is 0 Å². The molecule has 8 heteroatoms. The van der Waals surface area contributed by atoms with Crippen LogP contribution < -0.4 is 20.3 Å². The van der Waals surface area contributed by atoms with Crippen LogP contribution >= 0.6 is 0 Å². The minimum atomic E-state index is -3.60. The minimum Gasteiger partial charge on any atom is -0.485 e. The number of amides is 1. The van der Waals surface area contributed by atoms with Gasteiger partial charge in [0.2, 0.25) is 15.9 Å². The van der Waals surface area contributed by atoms with Gasteiger partial charge in [0.05, 0.1) is 15.5 Å². The lowest BCUT2D eigenvalue weighted by molar-refractivity contribution is -0.129. The number of rotatable bonds is 5. The molecule has 1 heterocycles. The number of fused-ring (bicyclic) bond motifs is 1. The van der Waals surface area contributed by atoms with Gasteiger partial charge in [-0.2, -0.15) is 0 Å². The zero-order valence-corrected chi connectivity index (χ0v) is 17.0. The first-order valence-electron chi connectivity index (χ1n) is 9.30. The molecular weight excluding hydrogens is 404 g/mol. The third-order valence-corrected chi connectivity index (χ3v) is 6.41. The molecule has 2 N–H and O–H groups in total. The maximum Gasteiger partial charge on any atom is 0.282 e. The first-order valence-corrected chi connectivity index (χ1v) is 10.8. The lowest BCUT2D eigenvalue weighted by Crippen LogP contribution is -2.45. The third kappa shape index (κ3) is 4.08. The van der Waals surface area contributed by atoms with Crippen LogP contribution in [0.1, 0.15) is 5.56 Å². The lowest BCUT2D eigenvalue weighted by atomic mass is 10.2. The molecule has 1 aliphatic heterocycles. The number of benzene rings is 3. The second-order valence-electron chi connectivity index (χ2n) is 6.82. The fraction of sp³-hybridized carbons (Fsp3) is 0.136. The topological polar surface area (TPSA) is 93.7 Å². The molecule has 0 radical (unpaired) electrons. The number of hydrogen-bond acceptors (Lipinski definition) is 6. The number of carbonyl (C=O) groups excluding carboxylic acids is 1. The summed E-state index contributed by atoms with van der Waals surface area (Å²) in [6, 6.07) is 19.9. The lowest BCUT2D eigenvalue weighted by Gasteiger charge is -2.25. The summed E-state index contributed by atoms with van der Waals surface area (Å²) in [6.45, 7) is 1.99. The molecule has 3 aromatic rings. The normalized spacial score (nSPS) is 15.3. The molecule has 0 saturated heterocycles. The van der Waals surface area contributed by atoms with Crippen molar-refractivity contribution in [2.45, 2.75) is 22.8 Å². The number of carbonyl (C=O) groups is 1. The number of sulfone groups is 1. The van der Waals surface area contributed by atoms with E-state index in [0.717, 1.165) is 5.56 Å². The Hall–Kier alpha value is -3.52. The highest BCUT2D eigenvalue weighted by molar-refractivity contribution is 7.91. The molecule has 3 aromatic carbocycles. The van der Waals surface area contributed by atoms with Crippen LogP contribution in [0.3, 0.4) is 0 Å². The van der Waals surface area contributed by atoms with Gasteiger partial charge in [-0.3, -0.25) is 15.6 Å². The number of hydrogen-bond donors (Lipinski definition) is 2. The summed E-state index contributed by atoms with van der Waals surface area (Å²) in [6.07, 6.45) is -0.798. The van der Waals surface area contributed by atoms with Crippen molar-refractivity contribution in [2.75, 3.05) is 12.0 Å². The predicted molar refractivity (Wildman–Crippen MR) is 111 cm³/mol. The van der Waals surface area contributed by atoms with E-state index in [1.165, 1.54) is 12.1 Å². The van der Waals surface area contributed by atoms with Crippen molar-refractivity contribution in [3.05, 3.63) is 78.4 Å². The Labute approximate surface area is 174 Å². The number of anilines is 1. The molecule has 1 amide bonds. The van der Waals surface area contributed by atoms with E-state index in [1.54, 1.807) is 54.6 Å². The van der Waals surface area contributed by atoms with Crippen LogP contribution in [0.15, 0.2) is 82.6 Å². The van der Waals surface area contributed by atoms with Crippen molar-refractivity contribution in [1.82, 2.24) is 5.43 Å². The minimum absolute atomic E-state index is 0.0955. The molecule has 1 aliphatic rings. The molecule has 30 heavy (non-hydrogen) atoms. The first-order chi connectivity index (χ1) is 14.4. The van der Waals surface area contributed by atoms with Crippen LogP contribution in [0.4, 0.5) is 5.69 Å². The van der Waals surface area contributed by atoms with Crippen molar-refractivity contribution >= 4 is 21.4 Å². The average Bonchev–Trinajstić information content (AvgIpc) is 2.77. The maximum absolute atomic E-state index is 12.7. The fourth-order valence-corrected chi connectivity index (χ4v) is 4.19. The van der Waals surface area contributed by atoms with Crippen molar-refractivity contribution in [1.29, 1.82) is 0 Å². The summed E-state index contributed by atoms with van der Waals surface area (Å²) in [5.74, 6) is 0.704. The van der Waals surface area contributed by atoms with E-state index < -0.39 is 21.8 Å². The molecule has 0 saturated carbocycles. The van der Waals surface area contributed by atoms with Gasteiger partial charge < -0.3 is 9.47 Å². The van der Waals surface area contributed by atoms with E-state index in [9.17, 15) is 13.2 Å². The van der Waals surface area contributed by atoms with E-state index in [4.69, 9.17) is 9.47 Å². The molecular formula is C22H20N2O5S. The van der Waals surface area contributed by atoms with E-state index in [-0.39, 0.29) is 16.4 Å². The Kier molecular flexibility index (Phi) is 5.33. The molecule has 1 atom stereocenters. The molecule has 1 unspecified atom stereocenters. The van der Waals surface area contributed by atoms with Crippen LogP contribution in [0, 0.1) is 6.92 Å². The molecule has 7 nitrogen and oxygen atoms in total. The number of hydrazine groups is 1. The molecule has 0 aliphatic carbocycles. The van der Waals surface area contributed by atoms with E-state index in [1.807, 2.05) is 13.0 Å². The molecule has 4 rings (SSSR count). The van der Waals surface area contributed by atoms with Gasteiger partial charge in [0.25, 0.3) is 5.91 Å². The Morgan fingerprint density at radius 3 is 2.17 bits per heavy atom. The smallest absolute Gasteiger partial charge is 0.282 e. The summed E-state index contributed by atoms with van der Waals surface area (Å²) in [5, 5.41) is 0. The van der Waals surface area contributed by atoms with E-state index in [2.05, 4.69) is 10.9 Å². The summed E-state index contributed by atoms with van der Waals surface area (Å²) in [5.41, 5.74) is 6.83. The van der Waals surface area contributed by atoms with Crippen molar-refractivity contribution in [2.24, 2.45) is 0 Å². The van der Waals surface area contributed by atoms with Gasteiger partial charge in [-0.25, -0.2) is 8.42 Å². The number of nitrogens with one attached hydrogen (secondary N) is 2. The van der Waals surface area contributed by atoms with E-state index in [0.29, 0.717) is 17.2 Å². The van der Waals surface area contributed by atoms with Crippen molar-refractivity contribution in [3.63, 3.8) is 0 Å². The molecule has 0 spiro atoms. The summed E-state index contributed by atoms with van der Waals surface area (Å²) in [4.78, 5) is 12.7. The molecule has 0 bridgehead atoms. The van der Waals surface area contributed by atoms with Crippen LogP contribution in [-0.4, -0.2) is 27.0 Å². The Morgan fingerprint density at radius 2 is 1.50 bits per heavy atom. The number of aryl methyl sites for hydroxylation is 1. The van der Waals surface area contributed by atoms with Crippen LogP contribution in [0.25, 0.3) is 0 Å². The van der Waals surface area contributed by atoms with Crippen molar-refractivity contribution < 1.29 is 22.7 Å². The second-order valence-corrected chi connectivity index (χ2v) is 8.77. The van der Waals surface area contributed by atoms with Crippen LogP contribution in [0.2, 0.25) is 0 Å². The highest BCUT2D eigenvalue weighted by Crippen LogP contribution is 2.30. The molecule has 0 fully saturated rings. The maximum atomic E-state index is 12.7. The summed E-state index contributed by atoms with van der Waals surface area (Å²) in [7, 11) is -3.60. The van der Waals surface area contributed by atoms with Gasteiger partial charge in [-0.1, -0.05) is 29.8 Å². The Bertz CT molecular complexity index is 1160. The number of para-hydroxylation sites is 2. The third-order valence-electron chi connectivity index (χ3n) is 4.63. The SMILES string of the molecule is Cc1ccc(S(=O)(=O)c2ccc(NNC(=O)C3COc4ccccc4O3)cc2)cc1. The largest absolute Gasteiger partial charge is 0.485 e. The van der Waals surface area contributed by atoms with Crippen LogP contribution in [-0.2, 0) is 14.6 Å². The first kappa shape index (κ1) is 19.8. The molecule has 0 aromatic heterocycles.